The number of para-hydroxylation sites is 1. The van der Waals surface area contributed by atoms with Crippen LogP contribution in [0.5, 0.6) is 5.75 Å². The van der Waals surface area contributed by atoms with Crippen molar-refractivity contribution in [3.8, 4) is 5.75 Å². The second kappa shape index (κ2) is 9.11. The molecule has 0 aliphatic carbocycles. The molecule has 0 saturated heterocycles. The quantitative estimate of drug-likeness (QED) is 0.694. The lowest BCUT2D eigenvalue weighted by atomic mass is 10.0. The van der Waals surface area contributed by atoms with Crippen molar-refractivity contribution >= 4 is 11.7 Å². The van der Waals surface area contributed by atoms with Gasteiger partial charge < -0.3 is 14.7 Å². The van der Waals surface area contributed by atoms with E-state index in [0.717, 1.165) is 35.4 Å². The lowest BCUT2D eigenvalue weighted by molar-refractivity contribution is -0.136. The summed E-state index contributed by atoms with van der Waals surface area (Å²) < 4.78 is 5.99. The smallest absolute Gasteiger partial charge is 0.303 e. The molecule has 0 aliphatic heterocycles. The summed E-state index contributed by atoms with van der Waals surface area (Å²) in [4.78, 5) is 12.9. The third-order valence-electron chi connectivity index (χ3n) is 4.23. The highest BCUT2D eigenvalue weighted by Gasteiger charge is 2.08. The monoisotopic (exact) mass is 341 g/mol. The van der Waals surface area contributed by atoms with Gasteiger partial charge in [-0.1, -0.05) is 30.3 Å². The number of hydrogen-bond acceptors (Lipinski definition) is 3. The molecule has 2 aromatic carbocycles. The van der Waals surface area contributed by atoms with Crippen LogP contribution in [-0.2, 0) is 11.2 Å². The van der Waals surface area contributed by atoms with Gasteiger partial charge in [-0.05, 0) is 55.5 Å². The van der Waals surface area contributed by atoms with Crippen molar-refractivity contribution in [2.24, 2.45) is 0 Å². The van der Waals surface area contributed by atoms with E-state index < -0.39 is 5.97 Å². The molecule has 0 aromatic heterocycles. The Morgan fingerprint density at radius 1 is 1.12 bits per heavy atom. The predicted molar refractivity (Wildman–Crippen MR) is 102 cm³/mol. The van der Waals surface area contributed by atoms with Gasteiger partial charge in [0.05, 0.1) is 6.61 Å². The number of hydrogen-bond donors (Lipinski definition) is 1. The number of aliphatic carboxylic acids is 1. The first kappa shape index (κ1) is 18.8. The largest absolute Gasteiger partial charge is 0.493 e. The molecule has 2 rings (SSSR count). The summed E-state index contributed by atoms with van der Waals surface area (Å²) in [5.74, 6) is 0.152. The van der Waals surface area contributed by atoms with Gasteiger partial charge in [0.15, 0.2) is 0 Å². The molecular weight excluding hydrogens is 314 g/mol. The molecule has 0 radical (unpaired) electrons. The molecule has 2 aromatic rings. The van der Waals surface area contributed by atoms with Gasteiger partial charge in [0, 0.05) is 25.7 Å². The molecule has 0 spiro atoms. The van der Waals surface area contributed by atoms with Crippen molar-refractivity contribution in [1.29, 1.82) is 0 Å². The number of carbonyl (C=O) groups is 1. The minimum atomic E-state index is -0.766. The van der Waals surface area contributed by atoms with Crippen LogP contribution in [0.2, 0.25) is 0 Å². The van der Waals surface area contributed by atoms with Crippen molar-refractivity contribution in [2.75, 3.05) is 25.1 Å². The number of benzene rings is 2. The second-order valence-corrected chi connectivity index (χ2v) is 6.41. The highest BCUT2D eigenvalue weighted by atomic mass is 16.5. The molecule has 25 heavy (non-hydrogen) atoms. The Morgan fingerprint density at radius 2 is 1.76 bits per heavy atom. The third kappa shape index (κ3) is 5.82. The van der Waals surface area contributed by atoms with Crippen LogP contribution in [0.1, 0.15) is 29.5 Å². The fourth-order valence-corrected chi connectivity index (χ4v) is 2.95. The van der Waals surface area contributed by atoms with Crippen molar-refractivity contribution < 1.29 is 14.6 Å². The molecule has 0 fully saturated rings. The fourth-order valence-electron chi connectivity index (χ4n) is 2.95. The maximum atomic E-state index is 10.7. The predicted octanol–water partition coefficient (Wildman–Crippen LogP) is 4.23. The van der Waals surface area contributed by atoms with E-state index in [1.807, 2.05) is 44.2 Å². The third-order valence-corrected chi connectivity index (χ3v) is 4.23. The molecule has 1 N–H and O–H groups in total. The summed E-state index contributed by atoms with van der Waals surface area (Å²) in [5, 5.41) is 8.81. The van der Waals surface area contributed by atoms with Gasteiger partial charge in [-0.25, -0.2) is 0 Å². The first-order valence-electron chi connectivity index (χ1n) is 8.68. The van der Waals surface area contributed by atoms with Gasteiger partial charge in [0.1, 0.15) is 5.75 Å². The summed E-state index contributed by atoms with van der Waals surface area (Å²) in [7, 11) is 2.09. The van der Waals surface area contributed by atoms with Crippen LogP contribution in [0.15, 0.2) is 42.5 Å². The number of ether oxygens (including phenoxy) is 1. The van der Waals surface area contributed by atoms with E-state index in [9.17, 15) is 4.79 Å². The van der Waals surface area contributed by atoms with Crippen LogP contribution in [0.25, 0.3) is 0 Å². The summed E-state index contributed by atoms with van der Waals surface area (Å²) in [6.07, 6.45) is 1.65. The Morgan fingerprint density at radius 3 is 2.36 bits per heavy atom. The highest BCUT2D eigenvalue weighted by Crippen LogP contribution is 2.25. The number of carboxylic acids is 1. The van der Waals surface area contributed by atoms with E-state index in [1.165, 1.54) is 5.69 Å². The van der Waals surface area contributed by atoms with Crippen molar-refractivity contribution in [1.82, 2.24) is 0 Å². The lowest BCUT2D eigenvalue weighted by Crippen LogP contribution is -2.20. The van der Waals surface area contributed by atoms with Gasteiger partial charge in [-0.2, -0.15) is 0 Å². The second-order valence-electron chi connectivity index (χ2n) is 6.41. The number of nitrogens with zero attached hydrogens (tertiary/aromatic N) is 1. The van der Waals surface area contributed by atoms with E-state index in [1.54, 1.807) is 0 Å². The van der Waals surface area contributed by atoms with Gasteiger partial charge in [-0.3, -0.25) is 4.79 Å². The van der Waals surface area contributed by atoms with Crippen molar-refractivity contribution in [3.05, 3.63) is 59.2 Å². The van der Waals surface area contributed by atoms with Crippen LogP contribution in [0.3, 0.4) is 0 Å². The molecule has 0 atom stereocenters. The molecule has 4 nitrogen and oxygen atoms in total. The number of anilines is 1. The Labute approximate surface area is 150 Å². The van der Waals surface area contributed by atoms with Gasteiger partial charge in [0.25, 0.3) is 0 Å². The number of rotatable bonds is 9. The Balaban J connectivity index is 1.85. The molecule has 0 bridgehead atoms. The fraction of sp³-hybridized carbons (Fsp3) is 0.381. The molecule has 4 heteroatoms. The lowest BCUT2D eigenvalue weighted by Gasteiger charge is -2.20. The first-order chi connectivity index (χ1) is 12.0. The van der Waals surface area contributed by atoms with E-state index in [2.05, 4.69) is 24.1 Å². The van der Waals surface area contributed by atoms with Crippen LogP contribution >= 0.6 is 0 Å². The zero-order valence-corrected chi connectivity index (χ0v) is 15.3. The Hall–Kier alpha value is -2.49. The normalized spacial score (nSPS) is 10.5. The van der Waals surface area contributed by atoms with Crippen molar-refractivity contribution in [2.45, 2.75) is 33.1 Å². The minimum absolute atomic E-state index is 0.158. The van der Waals surface area contributed by atoms with E-state index in [0.29, 0.717) is 13.0 Å². The highest BCUT2D eigenvalue weighted by molar-refractivity contribution is 5.67. The van der Waals surface area contributed by atoms with Crippen LogP contribution < -0.4 is 9.64 Å². The summed E-state index contributed by atoms with van der Waals surface area (Å²) in [6, 6.07) is 14.4. The van der Waals surface area contributed by atoms with Gasteiger partial charge in [0.2, 0.25) is 0 Å². The summed E-state index contributed by atoms with van der Waals surface area (Å²) in [5.41, 5.74) is 4.39. The average molecular weight is 341 g/mol. The maximum absolute atomic E-state index is 10.7. The first-order valence-corrected chi connectivity index (χ1v) is 8.68. The molecule has 134 valence electrons. The molecule has 0 amide bonds. The SMILES string of the molecule is Cc1cc(CCC(=O)O)cc(C)c1OCCCN(C)c1ccccc1. The van der Waals surface area contributed by atoms with E-state index >= 15 is 0 Å². The molecule has 0 saturated carbocycles. The number of aryl methyl sites for hydroxylation is 3. The zero-order chi connectivity index (χ0) is 18.2. The zero-order valence-electron chi connectivity index (χ0n) is 15.3. The van der Waals surface area contributed by atoms with E-state index in [4.69, 9.17) is 9.84 Å². The molecule has 0 heterocycles. The van der Waals surface area contributed by atoms with Crippen LogP contribution in [-0.4, -0.2) is 31.3 Å². The molecule has 0 unspecified atom stereocenters. The average Bonchev–Trinajstić information content (AvgIpc) is 2.59. The standard InChI is InChI=1S/C21H27NO3/c1-16-14-18(10-11-20(23)24)15-17(2)21(16)25-13-7-12-22(3)19-8-5-4-6-9-19/h4-6,8-9,14-15H,7,10-13H2,1-3H3,(H,23,24). The van der Waals surface area contributed by atoms with Gasteiger partial charge >= 0.3 is 5.97 Å². The Bertz CT molecular complexity index is 675. The minimum Gasteiger partial charge on any atom is -0.493 e. The summed E-state index contributed by atoms with van der Waals surface area (Å²) in [6.45, 7) is 5.62. The number of carboxylic acid groups (broad SMARTS) is 1. The van der Waals surface area contributed by atoms with E-state index in [-0.39, 0.29) is 6.42 Å². The van der Waals surface area contributed by atoms with Crippen LogP contribution in [0.4, 0.5) is 5.69 Å². The topological polar surface area (TPSA) is 49.8 Å². The summed E-state index contributed by atoms with van der Waals surface area (Å²) >= 11 is 0. The molecule has 0 aliphatic rings. The maximum Gasteiger partial charge on any atom is 0.303 e. The molecular formula is C21H27NO3. The Kier molecular flexibility index (Phi) is 6.87. The van der Waals surface area contributed by atoms with Gasteiger partial charge in [-0.15, -0.1) is 0 Å². The van der Waals surface area contributed by atoms with Crippen molar-refractivity contribution in [3.63, 3.8) is 0 Å². The van der Waals surface area contributed by atoms with Crippen LogP contribution in [0, 0.1) is 13.8 Å².